The van der Waals surface area contributed by atoms with Crippen LogP contribution in [0.15, 0.2) is 30.3 Å². The summed E-state index contributed by atoms with van der Waals surface area (Å²) in [5.74, 6) is 1.01. The van der Waals surface area contributed by atoms with Gasteiger partial charge in [0.2, 0.25) is 0 Å². The molecule has 0 saturated heterocycles. The average molecular weight is 241 g/mol. The van der Waals surface area contributed by atoms with Gasteiger partial charge in [0, 0.05) is 30.0 Å². The van der Waals surface area contributed by atoms with E-state index < -0.39 is 0 Å². The summed E-state index contributed by atoms with van der Waals surface area (Å²) >= 11 is 0. The number of hydrogen-bond donors (Lipinski definition) is 0. The predicted molar refractivity (Wildman–Crippen MR) is 76.8 cm³/mol. The number of rotatable bonds is 1. The highest BCUT2D eigenvalue weighted by Crippen LogP contribution is 2.48. The van der Waals surface area contributed by atoms with Crippen molar-refractivity contribution in [3.63, 3.8) is 0 Å². The minimum absolute atomic E-state index is 0.138. The zero-order valence-electron chi connectivity index (χ0n) is 11.4. The molecule has 0 unspecified atom stereocenters. The molecule has 0 aliphatic carbocycles. The van der Waals surface area contributed by atoms with Crippen molar-refractivity contribution in [3.8, 4) is 5.75 Å². The van der Waals surface area contributed by atoms with Crippen molar-refractivity contribution in [1.82, 2.24) is 0 Å². The van der Waals surface area contributed by atoms with E-state index in [-0.39, 0.29) is 5.41 Å². The van der Waals surface area contributed by atoms with Crippen molar-refractivity contribution in [1.29, 1.82) is 0 Å². The maximum atomic E-state index is 5.62. The van der Waals surface area contributed by atoms with Gasteiger partial charge in [-0.3, -0.25) is 0 Å². The van der Waals surface area contributed by atoms with Crippen molar-refractivity contribution in [2.75, 3.05) is 25.6 Å². The fraction of sp³-hybridized carbons (Fsp3) is 0.375. The first-order chi connectivity index (χ1) is 8.54. The van der Waals surface area contributed by atoms with Crippen LogP contribution in [0.1, 0.15) is 19.4 Å². The lowest BCUT2D eigenvalue weighted by atomic mass is 9.85. The quantitative estimate of drug-likeness (QED) is 0.756. The normalized spacial score (nSPS) is 17.0. The molecule has 0 bridgehead atoms. The fourth-order valence-electron chi connectivity index (χ4n) is 3.27. The highest BCUT2D eigenvalue weighted by Gasteiger charge is 2.37. The van der Waals surface area contributed by atoms with Gasteiger partial charge < -0.3 is 9.64 Å². The molecule has 2 nitrogen and oxygen atoms in total. The van der Waals surface area contributed by atoms with E-state index in [0.29, 0.717) is 0 Å². The zero-order valence-corrected chi connectivity index (χ0v) is 11.4. The van der Waals surface area contributed by atoms with Crippen LogP contribution in [0.3, 0.4) is 0 Å². The second-order valence-electron chi connectivity index (χ2n) is 5.76. The van der Waals surface area contributed by atoms with E-state index >= 15 is 0 Å². The summed E-state index contributed by atoms with van der Waals surface area (Å²) in [5, 5.41) is 2.57. The van der Waals surface area contributed by atoms with Crippen LogP contribution in [0.5, 0.6) is 5.75 Å². The smallest absolute Gasteiger partial charge is 0.125 e. The van der Waals surface area contributed by atoms with E-state index in [2.05, 4.69) is 56.1 Å². The minimum Gasteiger partial charge on any atom is -0.496 e. The molecule has 0 fully saturated rings. The molecule has 3 rings (SSSR count). The molecular formula is C16H19NO. The molecule has 0 N–H and O–H groups in total. The van der Waals surface area contributed by atoms with E-state index in [1.165, 1.54) is 22.0 Å². The summed E-state index contributed by atoms with van der Waals surface area (Å²) in [6.45, 7) is 5.60. The Morgan fingerprint density at radius 2 is 1.94 bits per heavy atom. The van der Waals surface area contributed by atoms with Crippen LogP contribution < -0.4 is 9.64 Å². The Bertz CT molecular complexity index is 616. The number of nitrogens with zero attached hydrogens (tertiary/aromatic N) is 1. The topological polar surface area (TPSA) is 12.5 Å². The van der Waals surface area contributed by atoms with Gasteiger partial charge in [0.15, 0.2) is 0 Å². The molecule has 0 spiro atoms. The number of methoxy groups -OCH3 is 1. The van der Waals surface area contributed by atoms with Gasteiger partial charge in [0.1, 0.15) is 5.75 Å². The summed E-state index contributed by atoms with van der Waals surface area (Å²) < 4.78 is 5.62. The molecule has 0 aromatic heterocycles. The Labute approximate surface area is 108 Å². The van der Waals surface area contributed by atoms with Crippen LogP contribution in [-0.4, -0.2) is 20.7 Å². The second-order valence-corrected chi connectivity index (χ2v) is 5.76. The Morgan fingerprint density at radius 1 is 1.22 bits per heavy atom. The van der Waals surface area contributed by atoms with Gasteiger partial charge >= 0.3 is 0 Å². The van der Waals surface area contributed by atoms with Gasteiger partial charge in [-0.1, -0.05) is 38.1 Å². The lowest BCUT2D eigenvalue weighted by Gasteiger charge is -2.20. The number of anilines is 1. The number of fused-ring (bicyclic) bond motifs is 3. The Kier molecular flexibility index (Phi) is 2.31. The highest BCUT2D eigenvalue weighted by atomic mass is 16.5. The first kappa shape index (κ1) is 11.4. The summed E-state index contributed by atoms with van der Waals surface area (Å²) in [6.07, 6.45) is 0. The predicted octanol–water partition coefficient (Wildman–Crippen LogP) is 3.58. The fourth-order valence-corrected chi connectivity index (χ4v) is 3.27. The van der Waals surface area contributed by atoms with E-state index in [1.807, 2.05) is 0 Å². The summed E-state index contributed by atoms with van der Waals surface area (Å²) in [6, 6.07) is 10.7. The Morgan fingerprint density at radius 3 is 2.67 bits per heavy atom. The van der Waals surface area contributed by atoms with Gasteiger partial charge in [-0.25, -0.2) is 0 Å². The SMILES string of the molecule is COc1cc2ccccc2c2c1C(C)(C)CN2C. The van der Waals surface area contributed by atoms with Gasteiger partial charge in [-0.2, -0.15) is 0 Å². The first-order valence-corrected chi connectivity index (χ1v) is 6.36. The minimum atomic E-state index is 0.138. The van der Waals surface area contributed by atoms with Crippen molar-refractivity contribution >= 4 is 16.5 Å². The molecule has 2 heteroatoms. The van der Waals surface area contributed by atoms with Crippen molar-refractivity contribution in [2.45, 2.75) is 19.3 Å². The van der Waals surface area contributed by atoms with Crippen LogP contribution in [0.4, 0.5) is 5.69 Å². The first-order valence-electron chi connectivity index (χ1n) is 6.36. The summed E-state index contributed by atoms with van der Waals surface area (Å²) in [7, 11) is 3.93. The molecular weight excluding hydrogens is 222 g/mol. The highest BCUT2D eigenvalue weighted by molar-refractivity contribution is 5.99. The standard InChI is InChI=1S/C16H19NO/c1-16(2)10-17(3)15-12-8-6-5-7-11(12)9-13(18-4)14(15)16/h5-9H,10H2,1-4H3. The molecule has 94 valence electrons. The van der Waals surface area contributed by atoms with Crippen LogP contribution >= 0.6 is 0 Å². The molecule has 2 aromatic carbocycles. The Hall–Kier alpha value is -1.70. The van der Waals surface area contributed by atoms with Gasteiger partial charge in [-0.05, 0) is 11.5 Å². The second kappa shape index (κ2) is 3.64. The van der Waals surface area contributed by atoms with Crippen molar-refractivity contribution < 1.29 is 4.74 Å². The van der Waals surface area contributed by atoms with E-state index in [9.17, 15) is 0 Å². The molecule has 18 heavy (non-hydrogen) atoms. The molecule has 1 aliphatic heterocycles. The van der Waals surface area contributed by atoms with E-state index in [4.69, 9.17) is 4.74 Å². The van der Waals surface area contributed by atoms with E-state index in [1.54, 1.807) is 7.11 Å². The molecule has 2 aromatic rings. The molecule has 0 atom stereocenters. The van der Waals surface area contributed by atoms with Gasteiger partial charge in [0.05, 0.1) is 12.8 Å². The van der Waals surface area contributed by atoms with Gasteiger partial charge in [0.25, 0.3) is 0 Å². The number of likely N-dealkylation sites (N-methyl/N-ethyl adjacent to an activating group) is 1. The molecule has 0 amide bonds. The average Bonchev–Trinajstić information content (AvgIpc) is 2.59. The lowest BCUT2D eigenvalue weighted by Crippen LogP contribution is -2.25. The van der Waals surface area contributed by atoms with E-state index in [0.717, 1.165) is 12.3 Å². The van der Waals surface area contributed by atoms with Crippen molar-refractivity contribution in [2.24, 2.45) is 0 Å². The zero-order chi connectivity index (χ0) is 12.9. The maximum absolute atomic E-state index is 5.62. The molecule has 1 heterocycles. The molecule has 0 saturated carbocycles. The van der Waals surface area contributed by atoms with Crippen LogP contribution in [-0.2, 0) is 5.41 Å². The third kappa shape index (κ3) is 1.41. The third-order valence-corrected chi connectivity index (χ3v) is 3.90. The third-order valence-electron chi connectivity index (χ3n) is 3.90. The molecule has 0 radical (unpaired) electrons. The summed E-state index contributed by atoms with van der Waals surface area (Å²) in [4.78, 5) is 2.35. The number of benzene rings is 2. The van der Waals surface area contributed by atoms with Gasteiger partial charge in [-0.15, -0.1) is 0 Å². The lowest BCUT2D eigenvalue weighted by molar-refractivity contribution is 0.400. The van der Waals surface area contributed by atoms with Crippen molar-refractivity contribution in [3.05, 3.63) is 35.9 Å². The molecule has 1 aliphatic rings. The monoisotopic (exact) mass is 241 g/mol. The number of ether oxygens (including phenoxy) is 1. The van der Waals surface area contributed by atoms with Crippen LogP contribution in [0.2, 0.25) is 0 Å². The number of hydrogen-bond acceptors (Lipinski definition) is 2. The summed E-state index contributed by atoms with van der Waals surface area (Å²) in [5.41, 5.74) is 2.81. The van der Waals surface area contributed by atoms with Crippen LogP contribution in [0, 0.1) is 0 Å². The maximum Gasteiger partial charge on any atom is 0.125 e. The Balaban J connectivity index is 2.45. The van der Waals surface area contributed by atoms with Crippen LogP contribution in [0.25, 0.3) is 10.8 Å². The largest absolute Gasteiger partial charge is 0.496 e.